The van der Waals surface area contributed by atoms with Crippen molar-refractivity contribution >= 4 is 35.0 Å². The van der Waals surface area contributed by atoms with Gasteiger partial charge < -0.3 is 0 Å². The second-order valence-electron chi connectivity index (χ2n) is 8.77. The molecule has 5 rings (SSSR count). The van der Waals surface area contributed by atoms with E-state index in [-0.39, 0.29) is 28.0 Å². The quantitative estimate of drug-likeness (QED) is 0.283. The lowest BCUT2D eigenvalue weighted by Gasteiger charge is -2.29. The Morgan fingerprint density at radius 2 is 1.72 bits per heavy atom. The smallest absolute Gasteiger partial charge is 0.267 e. The lowest BCUT2D eigenvalue weighted by atomic mass is 9.77. The van der Waals surface area contributed by atoms with Gasteiger partial charge in [-0.25, -0.2) is 13.8 Å². The first-order valence-electron chi connectivity index (χ1n) is 11.4. The van der Waals surface area contributed by atoms with Crippen molar-refractivity contribution in [2.75, 3.05) is 0 Å². The number of amides is 1. The normalized spacial score (nSPS) is 20.2. The van der Waals surface area contributed by atoms with Crippen molar-refractivity contribution in [3.63, 3.8) is 0 Å². The van der Waals surface area contributed by atoms with Crippen molar-refractivity contribution in [1.82, 2.24) is 5.01 Å². The minimum Gasteiger partial charge on any atom is -0.267 e. The third-order valence-electron chi connectivity index (χ3n) is 6.52. The van der Waals surface area contributed by atoms with Gasteiger partial charge in [0, 0.05) is 18.1 Å². The summed E-state index contributed by atoms with van der Waals surface area (Å²) in [6.45, 7) is 0. The summed E-state index contributed by atoms with van der Waals surface area (Å²) >= 11 is 6.28. The topological polar surface area (TPSA) is 75.8 Å². The molecule has 3 aromatic carbocycles. The Labute approximate surface area is 210 Å². The molecule has 182 valence electrons. The molecule has 1 amide bonds. The van der Waals surface area contributed by atoms with E-state index in [0.717, 1.165) is 42.2 Å². The maximum atomic E-state index is 13.7. The molecule has 2 atom stereocenters. The lowest BCUT2D eigenvalue weighted by molar-refractivity contribution is -0.384. The Bertz CT molecular complexity index is 1400. The molecule has 1 fully saturated rings. The number of nitrogens with zero attached hydrogens (tertiary/aromatic N) is 3. The largest absolute Gasteiger partial charge is 0.276 e. The summed E-state index contributed by atoms with van der Waals surface area (Å²) in [4.78, 5) is 24.4. The molecule has 1 aliphatic carbocycles. The van der Waals surface area contributed by atoms with Crippen LogP contribution in [0.25, 0.3) is 6.08 Å². The first-order valence-corrected chi connectivity index (χ1v) is 11.8. The lowest BCUT2D eigenvalue weighted by Crippen LogP contribution is -2.32. The van der Waals surface area contributed by atoms with Gasteiger partial charge in [0.15, 0.2) is 0 Å². The maximum Gasteiger partial charge on any atom is 0.276 e. The number of allylic oxidation sites excluding steroid dienone is 1. The molecule has 3 aromatic rings. The van der Waals surface area contributed by atoms with Crippen LogP contribution in [0.4, 0.5) is 14.5 Å². The number of carbonyl (C=O) groups is 1. The van der Waals surface area contributed by atoms with Gasteiger partial charge in [0.1, 0.15) is 11.6 Å². The second-order valence-corrected chi connectivity index (χ2v) is 9.18. The van der Waals surface area contributed by atoms with Gasteiger partial charge in [-0.2, -0.15) is 5.10 Å². The molecule has 0 saturated heterocycles. The van der Waals surface area contributed by atoms with Crippen LogP contribution in [0, 0.1) is 27.7 Å². The summed E-state index contributed by atoms with van der Waals surface area (Å²) in [6, 6.07) is 15.1. The monoisotopic (exact) mass is 507 g/mol. The number of hydrogen-bond acceptors (Lipinski definition) is 4. The van der Waals surface area contributed by atoms with E-state index in [1.165, 1.54) is 41.4 Å². The molecule has 0 radical (unpaired) electrons. The van der Waals surface area contributed by atoms with Crippen LogP contribution in [0.15, 0.2) is 77.4 Å². The average molecular weight is 508 g/mol. The van der Waals surface area contributed by atoms with Gasteiger partial charge in [-0.15, -0.1) is 0 Å². The van der Waals surface area contributed by atoms with E-state index in [2.05, 4.69) is 0 Å². The van der Waals surface area contributed by atoms with Crippen molar-refractivity contribution in [2.45, 2.75) is 25.3 Å². The number of nitro benzene ring substituents is 1. The number of nitro groups is 1. The van der Waals surface area contributed by atoms with Crippen LogP contribution in [0.5, 0.6) is 0 Å². The molecule has 2 aliphatic rings. The summed E-state index contributed by atoms with van der Waals surface area (Å²) in [5, 5.41) is 17.4. The Kier molecular flexibility index (Phi) is 6.36. The molecule has 0 aromatic heterocycles. The van der Waals surface area contributed by atoms with Crippen LogP contribution in [0.2, 0.25) is 5.02 Å². The molecular formula is C27H20ClF2N3O3. The van der Waals surface area contributed by atoms with Gasteiger partial charge in [0.2, 0.25) is 0 Å². The fourth-order valence-electron chi connectivity index (χ4n) is 4.84. The summed E-state index contributed by atoms with van der Waals surface area (Å²) in [5.41, 5.74) is 2.84. The van der Waals surface area contributed by atoms with Gasteiger partial charge in [0.05, 0.1) is 27.3 Å². The van der Waals surface area contributed by atoms with Crippen molar-refractivity contribution < 1.29 is 18.5 Å². The Hall–Kier alpha value is -3.91. The highest BCUT2D eigenvalue weighted by atomic mass is 35.5. The van der Waals surface area contributed by atoms with Gasteiger partial charge in [-0.1, -0.05) is 35.9 Å². The summed E-state index contributed by atoms with van der Waals surface area (Å²) in [5.74, 6) is -1.49. The Morgan fingerprint density at radius 3 is 2.39 bits per heavy atom. The zero-order chi connectivity index (χ0) is 25.4. The van der Waals surface area contributed by atoms with Gasteiger partial charge in [-0.05, 0) is 72.4 Å². The van der Waals surface area contributed by atoms with Crippen molar-refractivity contribution in [1.29, 1.82) is 0 Å². The first-order chi connectivity index (χ1) is 17.3. The number of non-ortho nitro benzene ring substituents is 1. The Morgan fingerprint density at radius 1 is 1.06 bits per heavy atom. The minimum absolute atomic E-state index is 0.0370. The molecule has 9 heteroatoms. The van der Waals surface area contributed by atoms with E-state index in [0.29, 0.717) is 5.56 Å². The minimum atomic E-state index is -0.594. The predicted molar refractivity (Wildman–Crippen MR) is 133 cm³/mol. The fraction of sp³-hybridized carbons (Fsp3) is 0.185. The summed E-state index contributed by atoms with van der Waals surface area (Å²) < 4.78 is 27.1. The number of fused-ring (bicyclic) bond motifs is 1. The summed E-state index contributed by atoms with van der Waals surface area (Å²) in [7, 11) is 0. The van der Waals surface area contributed by atoms with Crippen LogP contribution in [-0.4, -0.2) is 21.6 Å². The number of hydrogen-bond donors (Lipinski definition) is 0. The highest BCUT2D eigenvalue weighted by molar-refractivity contribution is 6.34. The molecule has 1 heterocycles. The van der Waals surface area contributed by atoms with Crippen LogP contribution in [0.3, 0.4) is 0 Å². The van der Waals surface area contributed by atoms with Crippen molar-refractivity contribution in [3.8, 4) is 0 Å². The highest BCUT2D eigenvalue weighted by Gasteiger charge is 2.44. The number of benzene rings is 3. The third-order valence-corrected chi connectivity index (χ3v) is 6.85. The van der Waals surface area contributed by atoms with E-state index < -0.39 is 22.7 Å². The van der Waals surface area contributed by atoms with Gasteiger partial charge >= 0.3 is 0 Å². The predicted octanol–water partition coefficient (Wildman–Crippen LogP) is 6.96. The molecule has 0 spiro atoms. The molecule has 0 bridgehead atoms. The SMILES string of the molecule is O=C(c1cc([N+](=O)[O-])ccc1Cl)N1N=C2/C(=C/c3ccc(F)cc3)CCCC2C1c1ccc(F)cc1. The molecule has 2 unspecified atom stereocenters. The van der Waals surface area contributed by atoms with Crippen LogP contribution < -0.4 is 0 Å². The van der Waals surface area contributed by atoms with E-state index in [4.69, 9.17) is 16.7 Å². The number of carbonyl (C=O) groups excluding carboxylic acids is 1. The molecular weight excluding hydrogens is 488 g/mol. The van der Waals surface area contributed by atoms with Crippen LogP contribution >= 0.6 is 11.6 Å². The van der Waals surface area contributed by atoms with E-state index >= 15 is 0 Å². The number of halogens is 3. The second kappa shape index (κ2) is 9.62. The zero-order valence-electron chi connectivity index (χ0n) is 18.9. The first kappa shape index (κ1) is 23.8. The molecule has 0 N–H and O–H groups in total. The van der Waals surface area contributed by atoms with Crippen molar-refractivity contribution in [2.24, 2.45) is 11.0 Å². The highest BCUT2D eigenvalue weighted by Crippen LogP contribution is 2.45. The molecule has 1 aliphatic heterocycles. The van der Waals surface area contributed by atoms with Crippen LogP contribution in [0.1, 0.15) is 46.8 Å². The number of hydrazone groups is 1. The average Bonchev–Trinajstić information content (AvgIpc) is 3.26. The molecule has 6 nitrogen and oxygen atoms in total. The van der Waals surface area contributed by atoms with Crippen LogP contribution in [-0.2, 0) is 0 Å². The standard InChI is InChI=1S/C27H20ClF2N3O3/c28-24-13-12-21(33(35)36)15-23(24)27(34)32-26(17-6-10-20(30)11-7-17)22-3-1-2-18(25(22)31-32)14-16-4-8-19(29)9-5-16/h4-15,22,26H,1-3H2/b18-14+. The van der Waals surface area contributed by atoms with Crippen molar-refractivity contribution in [3.05, 3.63) is 116 Å². The summed E-state index contributed by atoms with van der Waals surface area (Å²) in [6.07, 6.45) is 4.24. The van der Waals surface area contributed by atoms with E-state index in [9.17, 15) is 23.7 Å². The number of rotatable bonds is 4. The maximum absolute atomic E-state index is 13.7. The fourth-order valence-corrected chi connectivity index (χ4v) is 5.03. The third kappa shape index (κ3) is 4.52. The molecule has 1 saturated carbocycles. The Balaban J connectivity index is 1.60. The zero-order valence-corrected chi connectivity index (χ0v) is 19.7. The van der Waals surface area contributed by atoms with Gasteiger partial charge in [-0.3, -0.25) is 14.9 Å². The van der Waals surface area contributed by atoms with E-state index in [1.54, 1.807) is 24.3 Å². The molecule has 36 heavy (non-hydrogen) atoms. The van der Waals surface area contributed by atoms with E-state index in [1.807, 2.05) is 6.08 Å². The van der Waals surface area contributed by atoms with Gasteiger partial charge in [0.25, 0.3) is 11.6 Å².